The molecule has 4 rings (SSSR count). The van der Waals surface area contributed by atoms with Gasteiger partial charge < -0.3 is 4.74 Å². The Hall–Kier alpha value is -2.64. The lowest BCUT2D eigenvalue weighted by Crippen LogP contribution is -2.25. The number of ether oxygens (including phenoxy) is 1. The highest BCUT2D eigenvalue weighted by atomic mass is 32.2. The Bertz CT molecular complexity index is 1210. The number of methoxy groups -OCH3 is 1. The minimum absolute atomic E-state index is 0.00101. The monoisotopic (exact) mass is 423 g/mol. The summed E-state index contributed by atoms with van der Waals surface area (Å²) >= 11 is 3.13. The van der Waals surface area contributed by atoms with Crippen molar-refractivity contribution in [3.8, 4) is 16.3 Å². The van der Waals surface area contributed by atoms with Crippen molar-refractivity contribution in [3.05, 3.63) is 70.0 Å². The second-order valence-electron chi connectivity index (χ2n) is 6.81. The summed E-state index contributed by atoms with van der Waals surface area (Å²) in [4.78, 5) is 22.5. The first kappa shape index (κ1) is 19.7. The molecule has 148 valence electrons. The van der Waals surface area contributed by atoms with Crippen LogP contribution >= 0.6 is 23.1 Å². The third kappa shape index (κ3) is 3.93. The van der Waals surface area contributed by atoms with Gasteiger partial charge in [0.1, 0.15) is 10.8 Å². The van der Waals surface area contributed by atoms with E-state index in [2.05, 4.69) is 0 Å². The fourth-order valence-corrected chi connectivity index (χ4v) is 5.11. The number of fused-ring (bicyclic) bond motifs is 1. The van der Waals surface area contributed by atoms with Crippen LogP contribution in [0, 0.1) is 0 Å². The fraction of sp³-hybridized carbons (Fsp3) is 0.227. The summed E-state index contributed by atoms with van der Waals surface area (Å²) < 4.78 is 7.21. The zero-order valence-corrected chi connectivity index (χ0v) is 18.1. The Morgan fingerprint density at radius 2 is 1.86 bits per heavy atom. The minimum Gasteiger partial charge on any atom is -0.496 e. The predicted molar refractivity (Wildman–Crippen MR) is 120 cm³/mol. The molecule has 2 heterocycles. The number of para-hydroxylation sites is 2. The van der Waals surface area contributed by atoms with Crippen molar-refractivity contribution in [1.29, 1.82) is 0 Å². The summed E-state index contributed by atoms with van der Waals surface area (Å²) in [5.74, 6) is 1.45. The average molecular weight is 424 g/mol. The van der Waals surface area contributed by atoms with Crippen LogP contribution in [0.5, 0.6) is 5.75 Å². The summed E-state index contributed by atoms with van der Waals surface area (Å²) in [5.41, 5.74) is 2.67. The maximum atomic E-state index is 12.9. The largest absolute Gasteiger partial charge is 0.496 e. The zero-order chi connectivity index (χ0) is 20.4. The van der Waals surface area contributed by atoms with Gasteiger partial charge in [-0.2, -0.15) is 0 Å². The van der Waals surface area contributed by atoms with Crippen LogP contribution in [-0.2, 0) is 5.75 Å². The van der Waals surface area contributed by atoms with Gasteiger partial charge in [0.25, 0.3) is 5.56 Å². The van der Waals surface area contributed by atoms with Gasteiger partial charge in [-0.25, -0.2) is 9.97 Å². The highest BCUT2D eigenvalue weighted by Gasteiger charge is 2.15. The molecule has 0 bridgehead atoms. The Balaban J connectivity index is 1.63. The molecular formula is C22H21N3O2S2. The predicted octanol–water partition coefficient (Wildman–Crippen LogP) is 5.40. The van der Waals surface area contributed by atoms with Crippen LogP contribution in [-0.4, -0.2) is 21.6 Å². The molecule has 4 aromatic rings. The molecule has 0 aliphatic carbocycles. The van der Waals surface area contributed by atoms with Gasteiger partial charge in [-0.15, -0.1) is 11.3 Å². The number of thioether (sulfide) groups is 1. The number of hydrogen-bond acceptors (Lipinski definition) is 6. The van der Waals surface area contributed by atoms with Gasteiger partial charge in [-0.1, -0.05) is 36.0 Å². The summed E-state index contributed by atoms with van der Waals surface area (Å²) in [6, 6.07) is 15.4. The lowest BCUT2D eigenvalue weighted by Gasteiger charge is -2.15. The van der Waals surface area contributed by atoms with Crippen molar-refractivity contribution >= 4 is 34.0 Å². The first-order valence-corrected chi connectivity index (χ1v) is 11.2. The molecule has 0 fully saturated rings. The van der Waals surface area contributed by atoms with Crippen molar-refractivity contribution in [2.45, 2.75) is 30.8 Å². The quantitative estimate of drug-likeness (QED) is 0.307. The Morgan fingerprint density at radius 1 is 1.10 bits per heavy atom. The molecule has 29 heavy (non-hydrogen) atoms. The molecule has 2 aromatic heterocycles. The van der Waals surface area contributed by atoms with Gasteiger partial charge in [0.05, 0.1) is 29.3 Å². The van der Waals surface area contributed by atoms with E-state index < -0.39 is 0 Å². The van der Waals surface area contributed by atoms with E-state index in [0.29, 0.717) is 11.1 Å². The molecule has 0 radical (unpaired) electrons. The average Bonchev–Trinajstić information content (AvgIpc) is 3.21. The van der Waals surface area contributed by atoms with Gasteiger partial charge in [0, 0.05) is 17.2 Å². The maximum absolute atomic E-state index is 12.9. The van der Waals surface area contributed by atoms with Crippen LogP contribution in [0.25, 0.3) is 21.5 Å². The molecular weight excluding hydrogens is 402 g/mol. The summed E-state index contributed by atoms with van der Waals surface area (Å²) in [7, 11) is 1.67. The Labute approximate surface area is 177 Å². The second-order valence-corrected chi connectivity index (χ2v) is 8.61. The van der Waals surface area contributed by atoms with Crippen molar-refractivity contribution in [3.63, 3.8) is 0 Å². The number of hydrogen-bond donors (Lipinski definition) is 0. The molecule has 0 saturated carbocycles. The molecule has 0 N–H and O–H groups in total. The first-order chi connectivity index (χ1) is 14.1. The lowest BCUT2D eigenvalue weighted by atomic mass is 10.2. The first-order valence-electron chi connectivity index (χ1n) is 9.30. The van der Waals surface area contributed by atoms with Crippen molar-refractivity contribution in [1.82, 2.24) is 14.5 Å². The van der Waals surface area contributed by atoms with Crippen molar-refractivity contribution in [2.75, 3.05) is 7.11 Å². The summed E-state index contributed by atoms with van der Waals surface area (Å²) in [6.07, 6.45) is 0. The SMILES string of the molecule is COc1ccccc1-c1nc(CSc2nc3ccccc3c(=O)n2C(C)C)cs1. The summed E-state index contributed by atoms with van der Waals surface area (Å²) in [6.45, 7) is 4.01. The van der Waals surface area contributed by atoms with E-state index in [9.17, 15) is 4.79 Å². The molecule has 0 amide bonds. The van der Waals surface area contributed by atoms with Crippen LogP contribution < -0.4 is 10.3 Å². The van der Waals surface area contributed by atoms with E-state index in [-0.39, 0.29) is 11.6 Å². The standard InChI is InChI=1S/C22H21N3O2S2/c1-14(2)25-21(26)16-8-4-6-10-18(16)24-22(25)29-13-15-12-28-20(23-15)17-9-5-7-11-19(17)27-3/h4-12,14H,13H2,1-3H3. The van der Waals surface area contributed by atoms with Crippen LogP contribution in [0.1, 0.15) is 25.6 Å². The van der Waals surface area contributed by atoms with E-state index in [0.717, 1.165) is 32.7 Å². The third-order valence-corrected chi connectivity index (χ3v) is 6.44. The maximum Gasteiger partial charge on any atom is 0.262 e. The fourth-order valence-electron chi connectivity index (χ4n) is 3.14. The molecule has 0 saturated heterocycles. The van der Waals surface area contributed by atoms with E-state index in [1.54, 1.807) is 34.8 Å². The third-order valence-electron chi connectivity index (χ3n) is 4.53. The Morgan fingerprint density at radius 3 is 2.66 bits per heavy atom. The number of aromatic nitrogens is 3. The number of nitrogens with zero attached hydrogens (tertiary/aromatic N) is 3. The van der Waals surface area contributed by atoms with Crippen LogP contribution in [0.3, 0.4) is 0 Å². The van der Waals surface area contributed by atoms with Crippen LogP contribution in [0.2, 0.25) is 0 Å². The highest BCUT2D eigenvalue weighted by Crippen LogP contribution is 2.33. The highest BCUT2D eigenvalue weighted by molar-refractivity contribution is 7.98. The minimum atomic E-state index is 0.00101. The van der Waals surface area contributed by atoms with Crippen LogP contribution in [0.15, 0.2) is 63.9 Å². The summed E-state index contributed by atoms with van der Waals surface area (Å²) in [5, 5.41) is 4.34. The number of rotatable bonds is 6. The van der Waals surface area contributed by atoms with Crippen LogP contribution in [0.4, 0.5) is 0 Å². The molecule has 0 aliphatic heterocycles. The lowest BCUT2D eigenvalue weighted by molar-refractivity contribution is 0.416. The molecule has 7 heteroatoms. The molecule has 0 spiro atoms. The normalized spacial score (nSPS) is 11.3. The molecule has 0 atom stereocenters. The van der Waals surface area contributed by atoms with E-state index in [1.165, 1.54) is 0 Å². The molecule has 0 unspecified atom stereocenters. The van der Waals surface area contributed by atoms with Crippen molar-refractivity contribution < 1.29 is 4.74 Å². The van der Waals surface area contributed by atoms with E-state index in [1.807, 2.05) is 67.8 Å². The Kier molecular flexibility index (Phi) is 5.69. The van der Waals surface area contributed by atoms with Gasteiger partial charge in [0.2, 0.25) is 0 Å². The number of thiazole rings is 1. The smallest absolute Gasteiger partial charge is 0.262 e. The second kappa shape index (κ2) is 8.39. The van der Waals surface area contributed by atoms with Gasteiger partial charge in [-0.05, 0) is 38.1 Å². The molecule has 2 aromatic carbocycles. The zero-order valence-electron chi connectivity index (χ0n) is 16.5. The molecule has 0 aliphatic rings. The van der Waals surface area contributed by atoms with Gasteiger partial charge in [0.15, 0.2) is 5.16 Å². The van der Waals surface area contributed by atoms with E-state index in [4.69, 9.17) is 14.7 Å². The van der Waals surface area contributed by atoms with Crippen molar-refractivity contribution in [2.24, 2.45) is 0 Å². The van der Waals surface area contributed by atoms with E-state index >= 15 is 0 Å². The van der Waals surface area contributed by atoms with Gasteiger partial charge >= 0.3 is 0 Å². The van der Waals surface area contributed by atoms with Gasteiger partial charge in [-0.3, -0.25) is 9.36 Å². The topological polar surface area (TPSA) is 57.0 Å². The number of benzene rings is 2. The molecule has 5 nitrogen and oxygen atoms in total.